The zero-order chi connectivity index (χ0) is 20.7. The van der Waals surface area contributed by atoms with Crippen LogP contribution in [-0.2, 0) is 19.1 Å². The van der Waals surface area contributed by atoms with Gasteiger partial charge in [0.2, 0.25) is 5.91 Å². The van der Waals surface area contributed by atoms with Crippen LogP contribution in [0.1, 0.15) is 34.6 Å². The molecule has 2 rings (SSSR count). The molecule has 0 aromatic rings. The van der Waals surface area contributed by atoms with E-state index in [2.05, 4.69) is 19.2 Å². The Morgan fingerprint density at radius 3 is 2.33 bits per heavy atom. The van der Waals surface area contributed by atoms with Crippen LogP contribution < -0.4 is 5.32 Å². The lowest BCUT2D eigenvalue weighted by Crippen LogP contribution is -2.57. The highest BCUT2D eigenvalue weighted by Crippen LogP contribution is 2.65. The summed E-state index contributed by atoms with van der Waals surface area (Å²) in [5, 5.41) is 2.66. The molecule has 154 valence electrons. The minimum absolute atomic E-state index is 0.0191. The fraction of sp³-hybridized carbons (Fsp3) is 0.842. The summed E-state index contributed by atoms with van der Waals surface area (Å²) in [6, 6.07) is -1.41. The number of methoxy groups -OCH3 is 1. The molecule has 0 aromatic heterocycles. The summed E-state index contributed by atoms with van der Waals surface area (Å²) < 4.78 is 10.2. The summed E-state index contributed by atoms with van der Waals surface area (Å²) in [5.74, 6) is -0.322. The monoisotopic (exact) mass is 383 g/mol. The normalized spacial score (nSPS) is 27.0. The van der Waals surface area contributed by atoms with Crippen molar-refractivity contribution in [3.63, 3.8) is 0 Å². The number of likely N-dealkylation sites (N-methyl/N-ethyl adjacent to an activating group) is 1. The maximum atomic E-state index is 13.2. The molecule has 0 unspecified atom stereocenters. The second kappa shape index (κ2) is 7.30. The van der Waals surface area contributed by atoms with Crippen LogP contribution in [0.3, 0.4) is 0 Å². The molecule has 1 N–H and O–H groups in total. The van der Waals surface area contributed by atoms with Crippen molar-refractivity contribution in [1.82, 2.24) is 15.1 Å². The van der Waals surface area contributed by atoms with E-state index in [4.69, 9.17) is 9.47 Å². The van der Waals surface area contributed by atoms with Gasteiger partial charge in [-0.2, -0.15) is 0 Å². The lowest BCUT2D eigenvalue weighted by molar-refractivity contribution is -0.153. The van der Waals surface area contributed by atoms with E-state index in [1.165, 1.54) is 7.11 Å². The number of alkyl carbamates (subject to hydrolysis) is 1. The Morgan fingerprint density at radius 2 is 1.85 bits per heavy atom. The number of likely N-dealkylation sites (tertiary alicyclic amines) is 1. The summed E-state index contributed by atoms with van der Waals surface area (Å²) in [5.41, 5.74) is -0.644. The number of fused-ring (bicyclic) bond motifs is 1. The van der Waals surface area contributed by atoms with Gasteiger partial charge in [0.1, 0.15) is 17.7 Å². The van der Waals surface area contributed by atoms with E-state index in [-0.39, 0.29) is 23.2 Å². The number of amides is 2. The van der Waals surface area contributed by atoms with Crippen molar-refractivity contribution < 1.29 is 23.9 Å². The van der Waals surface area contributed by atoms with Crippen molar-refractivity contribution in [2.24, 2.45) is 17.3 Å². The largest absolute Gasteiger partial charge is 0.467 e. The number of carbonyl (C=O) groups excluding carboxylic acids is 3. The highest BCUT2D eigenvalue weighted by atomic mass is 16.6. The second-order valence-corrected chi connectivity index (χ2v) is 9.37. The van der Waals surface area contributed by atoms with Gasteiger partial charge in [-0.15, -0.1) is 0 Å². The van der Waals surface area contributed by atoms with Crippen molar-refractivity contribution in [3.05, 3.63) is 0 Å². The van der Waals surface area contributed by atoms with Gasteiger partial charge in [0.25, 0.3) is 0 Å². The van der Waals surface area contributed by atoms with Crippen molar-refractivity contribution in [1.29, 1.82) is 0 Å². The van der Waals surface area contributed by atoms with E-state index in [0.717, 1.165) is 0 Å². The molecule has 1 aliphatic heterocycles. The minimum atomic E-state index is -0.803. The Morgan fingerprint density at radius 1 is 1.26 bits per heavy atom. The zero-order valence-corrected chi connectivity index (χ0v) is 17.7. The maximum absolute atomic E-state index is 13.2. The predicted molar refractivity (Wildman–Crippen MR) is 100.0 cm³/mol. The molecule has 1 saturated carbocycles. The molecule has 0 spiro atoms. The van der Waals surface area contributed by atoms with E-state index in [0.29, 0.717) is 13.1 Å². The third-order valence-electron chi connectivity index (χ3n) is 5.47. The molecular weight excluding hydrogens is 350 g/mol. The first-order valence-corrected chi connectivity index (χ1v) is 9.32. The third kappa shape index (κ3) is 4.54. The van der Waals surface area contributed by atoms with E-state index < -0.39 is 29.7 Å². The van der Waals surface area contributed by atoms with Gasteiger partial charge in [-0.25, -0.2) is 9.59 Å². The Balaban J connectivity index is 2.17. The lowest BCUT2D eigenvalue weighted by Gasteiger charge is -2.33. The number of ether oxygens (including phenoxy) is 2. The topological polar surface area (TPSA) is 88.2 Å². The fourth-order valence-electron chi connectivity index (χ4n) is 4.10. The number of hydrogen-bond donors (Lipinski definition) is 1. The molecule has 2 amide bonds. The summed E-state index contributed by atoms with van der Waals surface area (Å²) in [6.45, 7) is 10.3. The first kappa shape index (κ1) is 21.5. The summed E-state index contributed by atoms with van der Waals surface area (Å²) >= 11 is 0. The molecule has 0 radical (unpaired) electrons. The standard InChI is InChI=1S/C19H33N3O5/c1-18(2,3)27-17(25)20-12(10-21(6)7)15(23)22-9-11-13(19(11,4)5)14(22)16(24)26-8/h11-14H,9-10H2,1-8H3,(H,20,25)/t11-,12-,13-,14-/m0/s1. The number of nitrogens with zero attached hydrogens (tertiary/aromatic N) is 2. The molecule has 1 heterocycles. The maximum Gasteiger partial charge on any atom is 0.408 e. The van der Waals surface area contributed by atoms with Crippen molar-refractivity contribution in [2.45, 2.75) is 52.3 Å². The van der Waals surface area contributed by atoms with Crippen LogP contribution in [-0.4, -0.2) is 79.7 Å². The van der Waals surface area contributed by atoms with Crippen molar-refractivity contribution >= 4 is 18.0 Å². The molecule has 27 heavy (non-hydrogen) atoms. The van der Waals surface area contributed by atoms with Gasteiger partial charge in [-0.3, -0.25) is 4.79 Å². The molecule has 8 nitrogen and oxygen atoms in total. The summed E-state index contributed by atoms with van der Waals surface area (Å²) in [7, 11) is 4.97. The van der Waals surface area contributed by atoms with Gasteiger partial charge >= 0.3 is 12.1 Å². The average molecular weight is 383 g/mol. The van der Waals surface area contributed by atoms with Gasteiger partial charge in [-0.05, 0) is 46.2 Å². The number of nitrogens with one attached hydrogen (secondary N) is 1. The molecule has 8 heteroatoms. The number of esters is 1. The van der Waals surface area contributed by atoms with Gasteiger partial charge in [-0.1, -0.05) is 13.8 Å². The van der Waals surface area contributed by atoms with Crippen LogP contribution in [0.5, 0.6) is 0 Å². The fourth-order valence-corrected chi connectivity index (χ4v) is 4.10. The van der Waals surface area contributed by atoms with Crippen LogP contribution in [0.4, 0.5) is 4.79 Å². The van der Waals surface area contributed by atoms with Crippen molar-refractivity contribution in [2.75, 3.05) is 34.3 Å². The highest BCUT2D eigenvalue weighted by Gasteiger charge is 2.70. The van der Waals surface area contributed by atoms with E-state index in [1.807, 2.05) is 19.0 Å². The van der Waals surface area contributed by atoms with Gasteiger partial charge in [0, 0.05) is 19.0 Å². The molecule has 0 aromatic carbocycles. The molecule has 2 fully saturated rings. The number of carbonyl (C=O) groups is 3. The van der Waals surface area contributed by atoms with Crippen LogP contribution in [0.25, 0.3) is 0 Å². The Labute approximate surface area is 161 Å². The zero-order valence-electron chi connectivity index (χ0n) is 17.7. The Bertz CT molecular complexity index is 611. The predicted octanol–water partition coefficient (Wildman–Crippen LogP) is 1.10. The number of piperidine rings is 1. The van der Waals surface area contributed by atoms with Crippen LogP contribution in [0.15, 0.2) is 0 Å². The van der Waals surface area contributed by atoms with Gasteiger partial charge in [0.05, 0.1) is 7.11 Å². The van der Waals surface area contributed by atoms with Gasteiger partial charge in [0.15, 0.2) is 0 Å². The van der Waals surface area contributed by atoms with Crippen LogP contribution in [0.2, 0.25) is 0 Å². The van der Waals surface area contributed by atoms with E-state index in [9.17, 15) is 14.4 Å². The number of hydrogen-bond acceptors (Lipinski definition) is 6. The molecule has 1 aliphatic carbocycles. The van der Waals surface area contributed by atoms with E-state index in [1.54, 1.807) is 25.7 Å². The Hall–Kier alpha value is -1.83. The van der Waals surface area contributed by atoms with Crippen LogP contribution >= 0.6 is 0 Å². The lowest BCUT2D eigenvalue weighted by atomic mass is 10.0. The second-order valence-electron chi connectivity index (χ2n) is 9.37. The highest BCUT2D eigenvalue weighted by molar-refractivity contribution is 5.91. The average Bonchev–Trinajstić information content (AvgIpc) is 2.88. The smallest absolute Gasteiger partial charge is 0.408 e. The minimum Gasteiger partial charge on any atom is -0.467 e. The van der Waals surface area contributed by atoms with Crippen LogP contribution in [0, 0.1) is 17.3 Å². The number of rotatable bonds is 5. The van der Waals surface area contributed by atoms with E-state index >= 15 is 0 Å². The SMILES string of the molecule is COC(=O)[C@@H]1[C@@H]2[C@H](CN1C(=O)[C@H](CN(C)C)NC(=O)OC(C)(C)C)C2(C)C. The van der Waals surface area contributed by atoms with Gasteiger partial charge < -0.3 is 24.6 Å². The summed E-state index contributed by atoms with van der Waals surface area (Å²) in [6.07, 6.45) is -0.651. The first-order valence-electron chi connectivity index (χ1n) is 9.32. The molecule has 4 atom stereocenters. The molecular formula is C19H33N3O5. The molecule has 1 saturated heterocycles. The Kier molecular flexibility index (Phi) is 5.80. The molecule has 2 aliphatic rings. The summed E-state index contributed by atoms with van der Waals surface area (Å²) in [4.78, 5) is 41.2. The third-order valence-corrected chi connectivity index (χ3v) is 5.47. The first-order chi connectivity index (χ1) is 12.3. The van der Waals surface area contributed by atoms with Crippen molar-refractivity contribution in [3.8, 4) is 0 Å². The molecule has 0 bridgehead atoms. The quantitative estimate of drug-likeness (QED) is 0.715.